The third kappa shape index (κ3) is 5.86. The van der Waals surface area contributed by atoms with E-state index in [-0.39, 0.29) is 39.6 Å². The van der Waals surface area contributed by atoms with E-state index in [0.29, 0.717) is 0 Å². The van der Waals surface area contributed by atoms with Gasteiger partial charge in [0.25, 0.3) is 10.1 Å². The van der Waals surface area contributed by atoms with Gasteiger partial charge in [0.05, 0.1) is 48.1 Å². The van der Waals surface area contributed by atoms with Crippen LogP contribution in [-0.4, -0.2) is 39.1 Å². The molecule has 0 fully saturated rings. The molecule has 186 valence electrons. The van der Waals surface area contributed by atoms with Gasteiger partial charge in [0.2, 0.25) is 0 Å². The van der Waals surface area contributed by atoms with Crippen LogP contribution in [0.1, 0.15) is 20.7 Å². The van der Waals surface area contributed by atoms with E-state index in [2.05, 4.69) is 29.9 Å². The molecule has 3 rings (SSSR count). The highest BCUT2D eigenvalue weighted by molar-refractivity contribution is 7.86. The largest absolute Gasteiger partial charge is 0.465 e. The maximum Gasteiger partial charge on any atom is 0.337 e. The number of nitrogens with zero attached hydrogens (tertiary/aromatic N) is 4. The van der Waals surface area contributed by atoms with E-state index >= 15 is 0 Å². The summed E-state index contributed by atoms with van der Waals surface area (Å²) in [6.07, 6.45) is 0. The number of esters is 2. The number of nitrogen functional groups attached to an aromatic ring is 2. The lowest BCUT2D eigenvalue weighted by atomic mass is 10.2. The number of anilines is 2. The molecular weight excluding hydrogens is 492 g/mol. The highest BCUT2D eigenvalue weighted by Gasteiger charge is 2.22. The van der Waals surface area contributed by atoms with Crippen LogP contribution >= 0.6 is 0 Å². The Morgan fingerprint density at radius 3 is 1.75 bits per heavy atom. The normalized spacial score (nSPS) is 11.6. The monoisotopic (exact) mass is 512 g/mol. The fourth-order valence-corrected chi connectivity index (χ4v) is 3.55. The van der Waals surface area contributed by atoms with Crippen LogP contribution in [0.25, 0.3) is 0 Å². The summed E-state index contributed by atoms with van der Waals surface area (Å²) >= 11 is 0. The number of rotatable bonds is 7. The van der Waals surface area contributed by atoms with Crippen LogP contribution in [0, 0.1) is 0 Å². The first kappa shape index (κ1) is 25.9. The van der Waals surface area contributed by atoms with Crippen LogP contribution in [0.4, 0.5) is 34.1 Å². The molecule has 0 aliphatic heterocycles. The molecule has 0 bridgehead atoms. The second-order valence-corrected chi connectivity index (χ2v) is 8.42. The van der Waals surface area contributed by atoms with E-state index in [1.807, 2.05) is 0 Å². The van der Waals surface area contributed by atoms with Crippen molar-refractivity contribution in [2.75, 3.05) is 25.7 Å². The molecule has 0 heterocycles. The Morgan fingerprint density at radius 2 is 1.28 bits per heavy atom. The van der Waals surface area contributed by atoms with E-state index in [4.69, 9.17) is 11.5 Å². The van der Waals surface area contributed by atoms with Crippen molar-refractivity contribution in [1.29, 1.82) is 0 Å². The molecule has 0 aliphatic rings. The third-order valence-corrected chi connectivity index (χ3v) is 5.56. The van der Waals surface area contributed by atoms with Crippen LogP contribution in [-0.2, 0) is 19.6 Å². The van der Waals surface area contributed by atoms with Crippen molar-refractivity contribution in [3.8, 4) is 0 Å². The number of ether oxygens (including phenoxy) is 2. The molecule has 0 saturated heterocycles. The number of hydrogen-bond acceptors (Lipinski definition) is 12. The number of carbonyl (C=O) groups excluding carboxylic acids is 2. The minimum atomic E-state index is -4.81. The van der Waals surface area contributed by atoms with Crippen LogP contribution in [0.3, 0.4) is 0 Å². The second kappa shape index (κ2) is 10.7. The van der Waals surface area contributed by atoms with E-state index in [9.17, 15) is 22.6 Å². The molecular formula is C22H20N6O7S. The number of carbonyl (C=O) groups is 2. The molecule has 5 N–H and O–H groups in total. The van der Waals surface area contributed by atoms with E-state index in [0.717, 1.165) is 6.07 Å². The van der Waals surface area contributed by atoms with Crippen LogP contribution in [0.5, 0.6) is 0 Å². The lowest BCUT2D eigenvalue weighted by Crippen LogP contribution is -2.05. The first-order valence-corrected chi connectivity index (χ1v) is 11.4. The maximum absolute atomic E-state index is 11.9. The lowest BCUT2D eigenvalue weighted by Gasteiger charge is -2.10. The van der Waals surface area contributed by atoms with Gasteiger partial charge in [-0.3, -0.25) is 4.55 Å². The van der Waals surface area contributed by atoms with E-state index in [1.165, 1.54) is 56.7 Å². The van der Waals surface area contributed by atoms with Crippen molar-refractivity contribution in [2.24, 2.45) is 20.5 Å². The zero-order valence-corrected chi connectivity index (χ0v) is 19.8. The third-order valence-electron chi connectivity index (χ3n) is 4.67. The molecule has 0 saturated carbocycles. The summed E-state index contributed by atoms with van der Waals surface area (Å²) in [4.78, 5) is 22.7. The molecule has 0 atom stereocenters. The van der Waals surface area contributed by atoms with Crippen molar-refractivity contribution in [3.63, 3.8) is 0 Å². The summed E-state index contributed by atoms with van der Waals surface area (Å²) in [6, 6.07) is 12.8. The van der Waals surface area contributed by atoms with Crippen LogP contribution in [0.2, 0.25) is 0 Å². The molecule has 0 aliphatic carbocycles. The predicted octanol–water partition coefficient (Wildman–Crippen LogP) is 4.50. The Labute approximate surface area is 205 Å². The topological polar surface area (TPSA) is 208 Å². The van der Waals surface area contributed by atoms with Gasteiger partial charge in [0.15, 0.2) is 0 Å². The molecule has 3 aromatic rings. The first-order chi connectivity index (χ1) is 17.0. The van der Waals surface area contributed by atoms with Gasteiger partial charge in [-0.1, -0.05) is 12.1 Å². The predicted molar refractivity (Wildman–Crippen MR) is 129 cm³/mol. The highest BCUT2D eigenvalue weighted by atomic mass is 32.2. The van der Waals surface area contributed by atoms with Gasteiger partial charge in [0.1, 0.15) is 16.3 Å². The zero-order chi connectivity index (χ0) is 26.5. The van der Waals surface area contributed by atoms with Crippen molar-refractivity contribution in [2.45, 2.75) is 4.90 Å². The Hall–Kier alpha value is -4.69. The molecule has 13 nitrogen and oxygen atoms in total. The minimum Gasteiger partial charge on any atom is -0.465 e. The van der Waals surface area contributed by atoms with Gasteiger partial charge in [-0.2, -0.15) is 18.6 Å². The number of azo groups is 2. The number of hydrogen-bond donors (Lipinski definition) is 3. The van der Waals surface area contributed by atoms with Crippen molar-refractivity contribution in [1.82, 2.24) is 0 Å². The molecule has 0 spiro atoms. The Bertz CT molecular complexity index is 1500. The molecule has 0 unspecified atom stereocenters. The molecule has 0 radical (unpaired) electrons. The SMILES string of the molecule is COC(=O)c1cccc(N=Nc2cc(S(=O)(=O)O)c(N)c(N=Nc3cccc(C(=O)OC)c3)c2N)c1. The maximum atomic E-state index is 11.9. The number of methoxy groups -OCH3 is 2. The quantitative estimate of drug-likeness (QED) is 0.176. The van der Waals surface area contributed by atoms with Gasteiger partial charge in [0, 0.05) is 0 Å². The van der Waals surface area contributed by atoms with Gasteiger partial charge >= 0.3 is 11.9 Å². The lowest BCUT2D eigenvalue weighted by molar-refractivity contribution is 0.0592. The van der Waals surface area contributed by atoms with Crippen molar-refractivity contribution in [3.05, 3.63) is 65.7 Å². The average Bonchev–Trinajstić information content (AvgIpc) is 2.86. The van der Waals surface area contributed by atoms with Gasteiger partial charge < -0.3 is 20.9 Å². The van der Waals surface area contributed by atoms with Gasteiger partial charge in [-0.05, 0) is 42.5 Å². The highest BCUT2D eigenvalue weighted by Crippen LogP contribution is 2.43. The number of benzene rings is 3. The van der Waals surface area contributed by atoms with Crippen molar-refractivity contribution < 1.29 is 32.0 Å². The smallest absolute Gasteiger partial charge is 0.337 e. The summed E-state index contributed by atoms with van der Waals surface area (Å²) in [5, 5.41) is 15.8. The Morgan fingerprint density at radius 1 is 0.778 bits per heavy atom. The Kier molecular flexibility index (Phi) is 7.71. The Balaban J connectivity index is 2.08. The zero-order valence-electron chi connectivity index (χ0n) is 18.9. The second-order valence-electron chi connectivity index (χ2n) is 7.03. The molecule has 14 heteroatoms. The molecule has 0 aromatic heterocycles. The summed E-state index contributed by atoms with van der Waals surface area (Å²) < 4.78 is 42.8. The first-order valence-electron chi connectivity index (χ1n) is 9.94. The fourth-order valence-electron chi connectivity index (χ4n) is 2.91. The van der Waals surface area contributed by atoms with Crippen LogP contribution in [0.15, 0.2) is 79.9 Å². The standard InChI is InChI=1S/C22H20N6O7S/c1-34-21(29)12-5-3-7-14(9-12)25-27-16-11-17(36(31,32)33)19(24)20(18(16)23)28-26-15-8-4-6-13(10-15)22(30)35-2/h3-11H,23-24H2,1-2H3,(H,31,32,33). The molecule has 36 heavy (non-hydrogen) atoms. The van der Waals surface area contributed by atoms with Crippen molar-refractivity contribution >= 4 is 56.2 Å². The van der Waals surface area contributed by atoms with Gasteiger partial charge in [-0.15, -0.1) is 10.2 Å². The number of nitrogens with two attached hydrogens (primary N) is 2. The van der Waals surface area contributed by atoms with Crippen LogP contribution < -0.4 is 11.5 Å². The average molecular weight is 513 g/mol. The summed E-state index contributed by atoms with van der Waals surface area (Å²) in [6.45, 7) is 0. The molecule has 0 amide bonds. The van der Waals surface area contributed by atoms with Gasteiger partial charge in [-0.25, -0.2) is 9.59 Å². The molecule has 3 aromatic carbocycles. The minimum absolute atomic E-state index is 0.194. The van der Waals surface area contributed by atoms with E-state index < -0.39 is 32.6 Å². The summed E-state index contributed by atoms with van der Waals surface area (Å²) in [7, 11) is -2.36. The fraction of sp³-hybridized carbons (Fsp3) is 0.0909. The van der Waals surface area contributed by atoms with E-state index in [1.54, 1.807) is 6.07 Å². The summed E-state index contributed by atoms with van der Waals surface area (Å²) in [5.74, 6) is -1.19. The summed E-state index contributed by atoms with van der Waals surface area (Å²) in [5.41, 5.74) is 11.7.